The highest BCUT2D eigenvalue weighted by molar-refractivity contribution is 6.42. The Hall–Kier alpha value is -1.96. The largest absolute Gasteiger partial charge is 0.349 e. The van der Waals surface area contributed by atoms with Gasteiger partial charge in [0.25, 0.3) is 0 Å². The number of benzene rings is 1. The second kappa shape index (κ2) is 8.37. The lowest BCUT2D eigenvalue weighted by Crippen LogP contribution is -2.43. The van der Waals surface area contributed by atoms with E-state index in [1.807, 2.05) is 30.3 Å². The molecule has 0 N–H and O–H groups in total. The Labute approximate surface area is 168 Å². The van der Waals surface area contributed by atoms with Crippen molar-refractivity contribution in [2.75, 3.05) is 25.5 Å². The van der Waals surface area contributed by atoms with Gasteiger partial charge in [-0.1, -0.05) is 43.1 Å². The zero-order valence-electron chi connectivity index (χ0n) is 15.8. The van der Waals surface area contributed by atoms with Crippen LogP contribution in [0.15, 0.2) is 30.3 Å². The van der Waals surface area contributed by atoms with Gasteiger partial charge in [0.2, 0.25) is 0 Å². The van der Waals surface area contributed by atoms with Gasteiger partial charge in [0.05, 0.1) is 10.0 Å². The van der Waals surface area contributed by atoms with Crippen molar-refractivity contribution in [1.82, 2.24) is 30.2 Å². The van der Waals surface area contributed by atoms with Crippen LogP contribution in [0.2, 0.25) is 10.0 Å². The molecular weight excluding hydrogens is 385 g/mol. The maximum Gasteiger partial charge on any atom is 0.200 e. The van der Waals surface area contributed by atoms with Crippen molar-refractivity contribution in [3.8, 4) is 0 Å². The van der Waals surface area contributed by atoms with Crippen LogP contribution >= 0.6 is 23.2 Å². The normalized spacial score (nSPS) is 12.9. The predicted molar refractivity (Wildman–Crippen MR) is 108 cm³/mol. The van der Waals surface area contributed by atoms with Crippen molar-refractivity contribution in [1.29, 1.82) is 0 Å². The first-order valence-electron chi connectivity index (χ1n) is 8.76. The van der Waals surface area contributed by atoms with Crippen LogP contribution in [0, 0.1) is 5.92 Å². The summed E-state index contributed by atoms with van der Waals surface area (Å²) in [5, 5.41) is 17.2. The van der Waals surface area contributed by atoms with Gasteiger partial charge in [0.1, 0.15) is 0 Å². The molecule has 0 radical (unpaired) electrons. The number of rotatable bonds is 7. The van der Waals surface area contributed by atoms with Gasteiger partial charge >= 0.3 is 0 Å². The van der Waals surface area contributed by atoms with Gasteiger partial charge in [-0.25, -0.2) is 0 Å². The van der Waals surface area contributed by atoms with Gasteiger partial charge in [0.15, 0.2) is 11.5 Å². The summed E-state index contributed by atoms with van der Waals surface area (Å²) in [6, 6.07) is 9.85. The Balaban J connectivity index is 1.95. The number of hydrogen-bond acceptors (Lipinski definition) is 6. The molecule has 27 heavy (non-hydrogen) atoms. The van der Waals surface area contributed by atoms with Crippen molar-refractivity contribution in [3.05, 3.63) is 45.9 Å². The standard InChI is InChI=1S/C18H23Cl2N7/c1-12(2)16(25(3)4)11-26(10-13-5-6-14(19)15(20)9-13)18-8-7-17-21-23-24-27(17)22-18/h5-9,12,16H,10-11H2,1-4H3. The maximum atomic E-state index is 6.21. The van der Waals surface area contributed by atoms with Crippen molar-refractivity contribution in [3.63, 3.8) is 0 Å². The van der Waals surface area contributed by atoms with Crippen LogP contribution in [0.4, 0.5) is 5.82 Å². The summed E-state index contributed by atoms with van der Waals surface area (Å²) in [4.78, 5) is 4.45. The molecule has 0 aliphatic rings. The summed E-state index contributed by atoms with van der Waals surface area (Å²) in [5.74, 6) is 1.28. The number of nitrogens with zero attached hydrogens (tertiary/aromatic N) is 7. The molecule has 9 heteroatoms. The van der Waals surface area contributed by atoms with E-state index in [9.17, 15) is 0 Å². The second-order valence-electron chi connectivity index (χ2n) is 7.12. The average molecular weight is 408 g/mol. The third-order valence-electron chi connectivity index (χ3n) is 4.58. The molecule has 1 unspecified atom stereocenters. The topological polar surface area (TPSA) is 62.5 Å². The highest BCUT2D eigenvalue weighted by Crippen LogP contribution is 2.25. The van der Waals surface area contributed by atoms with Gasteiger partial charge in [-0.05, 0) is 60.3 Å². The van der Waals surface area contributed by atoms with Gasteiger partial charge in [-0.15, -0.1) is 14.8 Å². The number of tetrazole rings is 1. The van der Waals surface area contributed by atoms with Gasteiger partial charge < -0.3 is 9.80 Å². The van der Waals surface area contributed by atoms with Crippen molar-refractivity contribution < 1.29 is 0 Å². The SMILES string of the molecule is CC(C)C(CN(Cc1ccc(Cl)c(Cl)c1)c1ccc2nnnn2n1)N(C)C. The summed E-state index contributed by atoms with van der Waals surface area (Å²) < 4.78 is 1.44. The molecule has 0 saturated carbocycles. The van der Waals surface area contributed by atoms with E-state index in [0.29, 0.717) is 34.2 Å². The van der Waals surface area contributed by atoms with Crippen LogP contribution < -0.4 is 4.90 Å². The minimum atomic E-state index is 0.346. The highest BCUT2D eigenvalue weighted by Gasteiger charge is 2.22. The fourth-order valence-corrected chi connectivity index (χ4v) is 3.42. The fraction of sp³-hybridized carbons (Fsp3) is 0.444. The molecule has 3 rings (SSSR count). The molecular formula is C18H23Cl2N7. The summed E-state index contributed by atoms with van der Waals surface area (Å²) in [5.41, 5.74) is 1.67. The van der Waals surface area contributed by atoms with Crippen molar-refractivity contribution in [2.24, 2.45) is 5.92 Å². The van der Waals surface area contributed by atoms with E-state index < -0.39 is 0 Å². The monoisotopic (exact) mass is 407 g/mol. The first kappa shape index (κ1) is 19.8. The molecule has 1 atom stereocenters. The number of anilines is 1. The van der Waals surface area contributed by atoms with E-state index in [-0.39, 0.29) is 0 Å². The molecule has 3 aromatic rings. The molecule has 144 valence electrons. The first-order chi connectivity index (χ1) is 12.8. The van der Waals surface area contributed by atoms with E-state index in [1.54, 1.807) is 0 Å². The van der Waals surface area contributed by atoms with E-state index in [1.165, 1.54) is 4.63 Å². The summed E-state index contributed by atoms with van der Waals surface area (Å²) in [7, 11) is 4.19. The van der Waals surface area contributed by atoms with Crippen LogP contribution in [0.1, 0.15) is 19.4 Å². The summed E-state index contributed by atoms with van der Waals surface area (Å²) >= 11 is 12.3. The molecule has 1 aromatic carbocycles. The van der Waals surface area contributed by atoms with E-state index in [4.69, 9.17) is 23.2 Å². The van der Waals surface area contributed by atoms with Gasteiger partial charge in [-0.3, -0.25) is 0 Å². The fourth-order valence-electron chi connectivity index (χ4n) is 3.10. The summed E-state index contributed by atoms with van der Waals surface area (Å²) in [6.07, 6.45) is 0. The van der Waals surface area contributed by atoms with E-state index in [0.717, 1.165) is 17.9 Å². The molecule has 0 fully saturated rings. The summed E-state index contributed by atoms with van der Waals surface area (Å²) in [6.45, 7) is 5.89. The quantitative estimate of drug-likeness (QED) is 0.597. The number of fused-ring (bicyclic) bond motifs is 1. The minimum absolute atomic E-state index is 0.346. The molecule has 2 aromatic heterocycles. The predicted octanol–water partition coefficient (Wildman–Crippen LogP) is 3.42. The average Bonchev–Trinajstić information content (AvgIpc) is 3.08. The van der Waals surface area contributed by atoms with Crippen molar-refractivity contribution >= 4 is 34.7 Å². The molecule has 2 heterocycles. The van der Waals surface area contributed by atoms with Gasteiger partial charge in [0, 0.05) is 19.1 Å². The molecule has 0 aliphatic heterocycles. The zero-order chi connectivity index (χ0) is 19.6. The number of likely N-dealkylation sites (N-methyl/N-ethyl adjacent to an activating group) is 1. The Kier molecular flexibility index (Phi) is 6.14. The third-order valence-corrected chi connectivity index (χ3v) is 5.32. The lowest BCUT2D eigenvalue weighted by molar-refractivity contribution is 0.233. The molecule has 0 bridgehead atoms. The van der Waals surface area contributed by atoms with Gasteiger partial charge in [-0.2, -0.15) is 0 Å². The smallest absolute Gasteiger partial charge is 0.200 e. The number of halogens is 2. The number of hydrogen-bond donors (Lipinski definition) is 0. The van der Waals surface area contributed by atoms with Crippen LogP contribution in [0.3, 0.4) is 0 Å². The van der Waals surface area contributed by atoms with Crippen LogP contribution in [0.25, 0.3) is 5.65 Å². The van der Waals surface area contributed by atoms with Crippen LogP contribution in [-0.4, -0.2) is 56.8 Å². The zero-order valence-corrected chi connectivity index (χ0v) is 17.4. The Morgan fingerprint density at radius 1 is 1.07 bits per heavy atom. The molecule has 7 nitrogen and oxygen atoms in total. The van der Waals surface area contributed by atoms with Crippen molar-refractivity contribution in [2.45, 2.75) is 26.4 Å². The van der Waals surface area contributed by atoms with E-state index in [2.05, 4.69) is 58.4 Å². The lowest BCUT2D eigenvalue weighted by Gasteiger charge is -2.34. The Morgan fingerprint density at radius 2 is 1.85 bits per heavy atom. The highest BCUT2D eigenvalue weighted by atomic mass is 35.5. The minimum Gasteiger partial charge on any atom is -0.349 e. The first-order valence-corrected chi connectivity index (χ1v) is 9.51. The number of aromatic nitrogens is 5. The van der Waals surface area contributed by atoms with E-state index >= 15 is 0 Å². The van der Waals surface area contributed by atoms with Crippen LogP contribution in [-0.2, 0) is 6.54 Å². The van der Waals surface area contributed by atoms with Crippen LogP contribution in [0.5, 0.6) is 0 Å². The Bertz CT molecular complexity index is 902. The maximum absolute atomic E-state index is 6.21. The third kappa shape index (κ3) is 4.66. The molecule has 0 amide bonds. The molecule has 0 aliphatic carbocycles. The molecule has 0 saturated heterocycles. The molecule has 0 spiro atoms. The lowest BCUT2D eigenvalue weighted by atomic mass is 10.0. The Morgan fingerprint density at radius 3 is 2.52 bits per heavy atom. The second-order valence-corrected chi connectivity index (χ2v) is 7.94.